The third kappa shape index (κ3) is 2.94. The Morgan fingerprint density at radius 2 is 2.44 bits per heavy atom. The lowest BCUT2D eigenvalue weighted by Crippen LogP contribution is -2.59. The third-order valence-corrected chi connectivity index (χ3v) is 2.71. The number of nitrogens with one attached hydrogen (secondary N) is 2. The molecule has 0 spiro atoms. The van der Waals surface area contributed by atoms with Crippen LogP contribution in [-0.2, 0) is 9.59 Å². The zero-order valence-electron chi connectivity index (χ0n) is 9.49. The second-order valence-electron chi connectivity index (χ2n) is 3.90. The Hall–Kier alpha value is -1.61. The van der Waals surface area contributed by atoms with E-state index in [1.54, 1.807) is 11.9 Å². The molecule has 0 aromatic carbocycles. The molecule has 6 heteroatoms. The fraction of sp³-hybridized carbons (Fsp3) is 0.700. The standard InChI is InChI=1S/C10H16N4O2/c1-7(3-4-11)14(2)10(16)8-5-13-9(15)6-12-8/h7-8,12H,3,5-6H2,1-2H3,(H,13,15). The molecule has 2 unspecified atom stereocenters. The number of nitriles is 1. The van der Waals surface area contributed by atoms with Crippen LogP contribution in [0, 0.1) is 11.3 Å². The van der Waals surface area contributed by atoms with Gasteiger partial charge in [0.25, 0.3) is 0 Å². The van der Waals surface area contributed by atoms with E-state index in [1.165, 1.54) is 0 Å². The number of hydrogen-bond donors (Lipinski definition) is 2. The molecule has 6 nitrogen and oxygen atoms in total. The van der Waals surface area contributed by atoms with E-state index in [9.17, 15) is 9.59 Å². The first-order valence-electron chi connectivity index (χ1n) is 5.20. The first-order chi connectivity index (χ1) is 7.56. The maximum absolute atomic E-state index is 11.9. The van der Waals surface area contributed by atoms with E-state index in [0.29, 0.717) is 13.0 Å². The van der Waals surface area contributed by atoms with E-state index in [0.717, 1.165) is 0 Å². The number of carbonyl (C=O) groups is 2. The first kappa shape index (κ1) is 12.5. The van der Waals surface area contributed by atoms with Crippen molar-refractivity contribution in [2.75, 3.05) is 20.1 Å². The first-order valence-corrected chi connectivity index (χ1v) is 5.20. The van der Waals surface area contributed by atoms with Gasteiger partial charge in [0.2, 0.25) is 11.8 Å². The predicted octanol–water partition coefficient (Wildman–Crippen LogP) is -1.17. The van der Waals surface area contributed by atoms with E-state index in [2.05, 4.69) is 10.6 Å². The number of carbonyl (C=O) groups excluding carboxylic acids is 2. The predicted molar refractivity (Wildman–Crippen MR) is 57.3 cm³/mol. The molecule has 0 aromatic rings. The van der Waals surface area contributed by atoms with Crippen molar-refractivity contribution in [1.29, 1.82) is 5.26 Å². The summed E-state index contributed by atoms with van der Waals surface area (Å²) in [7, 11) is 1.67. The van der Waals surface area contributed by atoms with Gasteiger partial charge in [-0.1, -0.05) is 0 Å². The van der Waals surface area contributed by atoms with Gasteiger partial charge < -0.3 is 10.2 Å². The molecule has 1 aliphatic rings. The minimum Gasteiger partial charge on any atom is -0.353 e. The van der Waals surface area contributed by atoms with Crippen LogP contribution in [0.15, 0.2) is 0 Å². The van der Waals surface area contributed by atoms with Crippen LogP contribution in [0.1, 0.15) is 13.3 Å². The molecule has 88 valence electrons. The lowest BCUT2D eigenvalue weighted by Gasteiger charge is -2.30. The summed E-state index contributed by atoms with van der Waals surface area (Å²) in [5.74, 6) is -0.195. The zero-order valence-corrected chi connectivity index (χ0v) is 9.49. The molecular weight excluding hydrogens is 208 g/mol. The SMILES string of the molecule is CC(CC#N)N(C)C(=O)C1CNC(=O)CN1. The Morgan fingerprint density at radius 3 is 2.94 bits per heavy atom. The average molecular weight is 224 g/mol. The molecule has 0 aliphatic carbocycles. The van der Waals surface area contributed by atoms with Gasteiger partial charge in [-0.2, -0.15) is 5.26 Å². The molecule has 0 aromatic heterocycles. The van der Waals surface area contributed by atoms with E-state index in [-0.39, 0.29) is 30.4 Å². The third-order valence-electron chi connectivity index (χ3n) is 2.71. The number of rotatable bonds is 3. The number of nitrogens with zero attached hydrogens (tertiary/aromatic N) is 2. The van der Waals surface area contributed by atoms with E-state index in [1.807, 2.05) is 13.0 Å². The number of hydrogen-bond acceptors (Lipinski definition) is 4. The van der Waals surface area contributed by atoms with Gasteiger partial charge in [0, 0.05) is 19.6 Å². The maximum atomic E-state index is 11.9. The Bertz CT molecular complexity index is 313. The van der Waals surface area contributed by atoms with Crippen molar-refractivity contribution in [3.05, 3.63) is 0 Å². The van der Waals surface area contributed by atoms with Crippen LogP contribution < -0.4 is 10.6 Å². The smallest absolute Gasteiger partial charge is 0.241 e. The largest absolute Gasteiger partial charge is 0.353 e. The van der Waals surface area contributed by atoms with Crippen LogP contribution in [0.5, 0.6) is 0 Å². The molecule has 1 heterocycles. The molecule has 1 fully saturated rings. The molecule has 0 radical (unpaired) electrons. The molecule has 1 saturated heterocycles. The summed E-state index contributed by atoms with van der Waals surface area (Å²) in [6, 6.07) is 1.53. The fourth-order valence-corrected chi connectivity index (χ4v) is 1.47. The van der Waals surface area contributed by atoms with Gasteiger partial charge in [0.15, 0.2) is 0 Å². The summed E-state index contributed by atoms with van der Waals surface area (Å²) < 4.78 is 0. The van der Waals surface area contributed by atoms with Crippen LogP contribution in [0.25, 0.3) is 0 Å². The molecule has 2 N–H and O–H groups in total. The Labute approximate surface area is 94.6 Å². The molecule has 2 amide bonds. The van der Waals surface area contributed by atoms with Crippen molar-refractivity contribution in [2.45, 2.75) is 25.4 Å². The molecule has 16 heavy (non-hydrogen) atoms. The summed E-state index contributed by atoms with van der Waals surface area (Å²) in [5, 5.41) is 14.0. The fourth-order valence-electron chi connectivity index (χ4n) is 1.47. The van der Waals surface area contributed by atoms with Crippen molar-refractivity contribution in [3.8, 4) is 6.07 Å². The lowest BCUT2D eigenvalue weighted by molar-refractivity contribution is -0.135. The van der Waals surface area contributed by atoms with Crippen molar-refractivity contribution >= 4 is 11.8 Å². The second-order valence-corrected chi connectivity index (χ2v) is 3.90. The molecule has 1 aliphatic heterocycles. The van der Waals surface area contributed by atoms with Gasteiger partial charge >= 0.3 is 0 Å². The Morgan fingerprint density at radius 1 is 1.75 bits per heavy atom. The van der Waals surface area contributed by atoms with E-state index >= 15 is 0 Å². The Balaban J connectivity index is 2.51. The molecule has 0 saturated carbocycles. The normalized spacial score (nSPS) is 21.8. The van der Waals surface area contributed by atoms with Crippen molar-refractivity contribution in [3.63, 3.8) is 0 Å². The zero-order chi connectivity index (χ0) is 12.1. The highest BCUT2D eigenvalue weighted by Gasteiger charge is 2.28. The van der Waals surface area contributed by atoms with Gasteiger partial charge in [0.05, 0.1) is 19.0 Å². The maximum Gasteiger partial charge on any atom is 0.241 e. The minimum atomic E-state index is -0.385. The monoisotopic (exact) mass is 224 g/mol. The van der Waals surface area contributed by atoms with Crippen LogP contribution >= 0.6 is 0 Å². The molecule has 2 atom stereocenters. The van der Waals surface area contributed by atoms with Crippen molar-refractivity contribution in [1.82, 2.24) is 15.5 Å². The number of amides is 2. The summed E-state index contributed by atoms with van der Waals surface area (Å²) in [5.41, 5.74) is 0. The summed E-state index contributed by atoms with van der Waals surface area (Å²) in [6.07, 6.45) is 0.307. The second kappa shape index (κ2) is 5.47. The highest BCUT2D eigenvalue weighted by atomic mass is 16.2. The van der Waals surface area contributed by atoms with Gasteiger partial charge in [-0.3, -0.25) is 14.9 Å². The molecule has 0 bridgehead atoms. The lowest BCUT2D eigenvalue weighted by atomic mass is 10.1. The van der Waals surface area contributed by atoms with Crippen LogP contribution in [0.4, 0.5) is 0 Å². The topological polar surface area (TPSA) is 85.2 Å². The van der Waals surface area contributed by atoms with E-state index < -0.39 is 0 Å². The number of piperazine rings is 1. The van der Waals surface area contributed by atoms with Crippen molar-refractivity contribution in [2.24, 2.45) is 0 Å². The highest BCUT2D eigenvalue weighted by Crippen LogP contribution is 2.03. The summed E-state index contributed by atoms with van der Waals surface area (Å²) in [4.78, 5) is 24.4. The van der Waals surface area contributed by atoms with Crippen LogP contribution in [-0.4, -0.2) is 48.9 Å². The Kier molecular flexibility index (Phi) is 4.26. The van der Waals surface area contributed by atoms with Gasteiger partial charge in [0.1, 0.15) is 6.04 Å². The minimum absolute atomic E-state index is 0.0947. The van der Waals surface area contributed by atoms with Crippen LogP contribution in [0.3, 0.4) is 0 Å². The summed E-state index contributed by atoms with van der Waals surface area (Å²) in [6.45, 7) is 2.29. The van der Waals surface area contributed by atoms with Gasteiger partial charge in [-0.15, -0.1) is 0 Å². The van der Waals surface area contributed by atoms with Crippen LogP contribution in [0.2, 0.25) is 0 Å². The van der Waals surface area contributed by atoms with Gasteiger partial charge in [-0.25, -0.2) is 0 Å². The molecule has 1 rings (SSSR count). The summed E-state index contributed by atoms with van der Waals surface area (Å²) >= 11 is 0. The van der Waals surface area contributed by atoms with Gasteiger partial charge in [-0.05, 0) is 6.92 Å². The number of likely N-dealkylation sites (N-methyl/N-ethyl adjacent to an activating group) is 1. The molecular formula is C10H16N4O2. The van der Waals surface area contributed by atoms with Crippen molar-refractivity contribution < 1.29 is 9.59 Å². The van der Waals surface area contributed by atoms with E-state index in [4.69, 9.17) is 5.26 Å². The quantitative estimate of drug-likeness (QED) is 0.633. The average Bonchev–Trinajstić information content (AvgIpc) is 2.28. The highest BCUT2D eigenvalue weighted by molar-refractivity contribution is 5.86.